The van der Waals surface area contributed by atoms with Gasteiger partial charge in [0.05, 0.1) is 29.4 Å². The minimum atomic E-state index is -1.38. The Kier molecular flexibility index (Phi) is 7.00. The van der Waals surface area contributed by atoms with Crippen LogP contribution in [0.5, 0.6) is 11.5 Å². The van der Waals surface area contributed by atoms with Crippen molar-refractivity contribution in [1.29, 1.82) is 0 Å². The summed E-state index contributed by atoms with van der Waals surface area (Å²) in [4.78, 5) is 26.0. The Labute approximate surface area is 188 Å². The smallest absolute Gasteiger partial charge is 0.189 e. The van der Waals surface area contributed by atoms with Crippen molar-refractivity contribution in [1.82, 2.24) is 0 Å². The molecule has 2 heterocycles. The highest BCUT2D eigenvalue weighted by atomic mass is 16.7. The molecule has 0 saturated carbocycles. The summed E-state index contributed by atoms with van der Waals surface area (Å²) in [7, 11) is 0. The van der Waals surface area contributed by atoms with Gasteiger partial charge in [0.15, 0.2) is 23.5 Å². The molecule has 1 aromatic carbocycles. The standard InChI is InChI=1S/C24H34O8/c1-6-20-24(32-20)19(27)10-18(31-23(24)30)15(7-11(2)3)22(29)14-8-13(21(28)12(4)5)16(25)9-17(14)26/h8-9,11-12,15,18-20,23,25-27,30H,6-7,10H2,1-5H3/t15-,18+,19+,20-,23+,24-/m0/s1. The number of aliphatic hydroxyl groups excluding tert-OH is 2. The number of hydrogen-bond donors (Lipinski definition) is 4. The lowest BCUT2D eigenvalue weighted by atomic mass is 9.79. The molecule has 2 saturated heterocycles. The molecule has 6 atom stereocenters. The quantitative estimate of drug-likeness (QED) is 0.351. The summed E-state index contributed by atoms with van der Waals surface area (Å²) < 4.78 is 11.4. The van der Waals surface area contributed by atoms with Crippen LogP contribution in [0.25, 0.3) is 0 Å². The lowest BCUT2D eigenvalue weighted by Crippen LogP contribution is -2.55. The minimum absolute atomic E-state index is 0.0369. The number of epoxide rings is 1. The Balaban J connectivity index is 1.93. The van der Waals surface area contributed by atoms with E-state index < -0.39 is 53.2 Å². The summed E-state index contributed by atoms with van der Waals surface area (Å²) in [5.74, 6) is -2.77. The zero-order valence-electron chi connectivity index (χ0n) is 19.2. The average molecular weight is 451 g/mol. The molecule has 178 valence electrons. The van der Waals surface area contributed by atoms with Crippen molar-refractivity contribution >= 4 is 11.6 Å². The van der Waals surface area contributed by atoms with Gasteiger partial charge in [0.2, 0.25) is 0 Å². The monoisotopic (exact) mass is 450 g/mol. The molecule has 0 unspecified atom stereocenters. The minimum Gasteiger partial charge on any atom is -0.507 e. The van der Waals surface area contributed by atoms with Gasteiger partial charge in [-0.15, -0.1) is 0 Å². The number of Topliss-reactive ketones (excluding diaryl/α,β-unsaturated/α-hetero) is 2. The molecule has 8 heteroatoms. The molecule has 0 bridgehead atoms. The first kappa shape index (κ1) is 24.6. The van der Waals surface area contributed by atoms with Crippen molar-refractivity contribution in [3.63, 3.8) is 0 Å². The lowest BCUT2D eigenvalue weighted by Gasteiger charge is -2.39. The lowest BCUT2D eigenvalue weighted by molar-refractivity contribution is -0.239. The van der Waals surface area contributed by atoms with E-state index in [1.54, 1.807) is 13.8 Å². The molecule has 0 aliphatic carbocycles. The van der Waals surface area contributed by atoms with Gasteiger partial charge in [0.25, 0.3) is 0 Å². The van der Waals surface area contributed by atoms with Gasteiger partial charge in [-0.3, -0.25) is 9.59 Å². The van der Waals surface area contributed by atoms with Gasteiger partial charge in [0, 0.05) is 24.3 Å². The molecule has 3 rings (SSSR count). The SMILES string of the molecule is CC[C@@H]1O[C@@]12[C@H](O)C[C@H]([C@H](CC(C)C)C(=O)c1cc(C(=O)C(C)C)c(O)cc1O)O[C@H]2O. The number of phenolic OH excluding ortho intramolecular Hbond substituents is 2. The molecule has 1 aromatic rings. The normalized spacial score (nSPS) is 30.7. The third-order valence-corrected chi connectivity index (χ3v) is 6.51. The van der Waals surface area contributed by atoms with E-state index in [1.807, 2.05) is 20.8 Å². The van der Waals surface area contributed by atoms with E-state index in [-0.39, 0.29) is 35.4 Å². The zero-order valence-corrected chi connectivity index (χ0v) is 19.2. The third kappa shape index (κ3) is 4.29. The van der Waals surface area contributed by atoms with Crippen molar-refractivity contribution in [2.75, 3.05) is 0 Å². The molecule has 2 aliphatic heterocycles. The van der Waals surface area contributed by atoms with Crippen LogP contribution in [-0.4, -0.2) is 62.2 Å². The van der Waals surface area contributed by atoms with Gasteiger partial charge < -0.3 is 29.9 Å². The molecule has 2 fully saturated rings. The maximum absolute atomic E-state index is 13.5. The summed E-state index contributed by atoms with van der Waals surface area (Å²) in [6.07, 6.45) is -2.41. The molecule has 32 heavy (non-hydrogen) atoms. The van der Waals surface area contributed by atoms with Crippen LogP contribution < -0.4 is 0 Å². The molecule has 0 aromatic heterocycles. The van der Waals surface area contributed by atoms with Gasteiger partial charge in [-0.05, 0) is 24.8 Å². The van der Waals surface area contributed by atoms with E-state index in [1.165, 1.54) is 6.07 Å². The second kappa shape index (κ2) is 9.09. The predicted octanol–water partition coefficient (Wildman–Crippen LogP) is 2.80. The van der Waals surface area contributed by atoms with Crippen LogP contribution in [0.3, 0.4) is 0 Å². The van der Waals surface area contributed by atoms with Crippen molar-refractivity contribution in [2.45, 2.75) is 84.1 Å². The van der Waals surface area contributed by atoms with Gasteiger partial charge in [0.1, 0.15) is 11.5 Å². The highest BCUT2D eigenvalue weighted by Crippen LogP contribution is 2.50. The van der Waals surface area contributed by atoms with Gasteiger partial charge >= 0.3 is 0 Å². The number of benzene rings is 1. The van der Waals surface area contributed by atoms with E-state index in [2.05, 4.69) is 0 Å². The molecular formula is C24H34O8. The Hall–Kier alpha value is -2.00. The maximum Gasteiger partial charge on any atom is 0.189 e. The fourth-order valence-electron chi connectivity index (χ4n) is 4.70. The number of aliphatic hydroxyl groups is 2. The fraction of sp³-hybridized carbons (Fsp3) is 0.667. The van der Waals surface area contributed by atoms with Crippen LogP contribution >= 0.6 is 0 Å². The van der Waals surface area contributed by atoms with E-state index in [0.29, 0.717) is 12.8 Å². The van der Waals surface area contributed by atoms with Gasteiger partial charge in [-0.25, -0.2) is 0 Å². The van der Waals surface area contributed by atoms with E-state index in [4.69, 9.17) is 9.47 Å². The first-order valence-corrected chi connectivity index (χ1v) is 11.3. The van der Waals surface area contributed by atoms with Crippen LogP contribution in [0, 0.1) is 17.8 Å². The van der Waals surface area contributed by atoms with Gasteiger partial charge in [-0.1, -0.05) is 34.6 Å². The van der Waals surface area contributed by atoms with Crippen molar-refractivity contribution < 1.29 is 39.5 Å². The van der Waals surface area contributed by atoms with Gasteiger partial charge in [-0.2, -0.15) is 0 Å². The number of phenols is 2. The Morgan fingerprint density at radius 2 is 1.66 bits per heavy atom. The molecule has 1 spiro atoms. The summed E-state index contributed by atoms with van der Waals surface area (Å²) in [5, 5.41) is 41.9. The summed E-state index contributed by atoms with van der Waals surface area (Å²) in [6.45, 7) is 9.10. The number of hydrogen-bond acceptors (Lipinski definition) is 8. The molecule has 4 N–H and O–H groups in total. The second-order valence-corrected chi connectivity index (χ2v) is 9.65. The molecule has 0 radical (unpaired) electrons. The number of carbonyl (C=O) groups excluding carboxylic acids is 2. The topological polar surface area (TPSA) is 137 Å². The number of ether oxygens (including phenoxy) is 2. The summed E-state index contributed by atoms with van der Waals surface area (Å²) in [6, 6.07) is 2.22. The van der Waals surface area contributed by atoms with E-state index >= 15 is 0 Å². The van der Waals surface area contributed by atoms with Crippen LogP contribution in [0.15, 0.2) is 12.1 Å². The number of aromatic hydroxyl groups is 2. The second-order valence-electron chi connectivity index (χ2n) is 9.65. The number of carbonyl (C=O) groups is 2. The van der Waals surface area contributed by atoms with Crippen LogP contribution in [-0.2, 0) is 9.47 Å². The first-order chi connectivity index (χ1) is 14.9. The highest BCUT2D eigenvalue weighted by molar-refractivity contribution is 6.06. The first-order valence-electron chi connectivity index (χ1n) is 11.3. The molecule has 8 nitrogen and oxygen atoms in total. The third-order valence-electron chi connectivity index (χ3n) is 6.51. The van der Waals surface area contributed by atoms with E-state index in [0.717, 1.165) is 6.07 Å². The molecule has 2 aliphatic rings. The fourth-order valence-corrected chi connectivity index (χ4v) is 4.70. The van der Waals surface area contributed by atoms with Crippen LogP contribution in [0.1, 0.15) is 74.6 Å². The largest absolute Gasteiger partial charge is 0.507 e. The number of ketones is 2. The summed E-state index contributed by atoms with van der Waals surface area (Å²) >= 11 is 0. The number of rotatable bonds is 8. The van der Waals surface area contributed by atoms with Crippen molar-refractivity contribution in [3.8, 4) is 11.5 Å². The summed E-state index contributed by atoms with van der Waals surface area (Å²) in [5.41, 5.74) is -1.29. The molecule has 0 amide bonds. The van der Waals surface area contributed by atoms with Crippen LogP contribution in [0.4, 0.5) is 0 Å². The Morgan fingerprint density at radius 3 is 2.12 bits per heavy atom. The molecular weight excluding hydrogens is 416 g/mol. The Morgan fingerprint density at radius 1 is 1.06 bits per heavy atom. The highest BCUT2D eigenvalue weighted by Gasteiger charge is 2.68. The van der Waals surface area contributed by atoms with Crippen molar-refractivity contribution in [3.05, 3.63) is 23.3 Å². The Bertz CT molecular complexity index is 865. The zero-order chi connectivity index (χ0) is 24.0. The predicted molar refractivity (Wildman–Crippen MR) is 116 cm³/mol. The maximum atomic E-state index is 13.5. The average Bonchev–Trinajstić information content (AvgIpc) is 3.45. The van der Waals surface area contributed by atoms with Crippen LogP contribution in [0.2, 0.25) is 0 Å². The van der Waals surface area contributed by atoms with Crippen molar-refractivity contribution in [2.24, 2.45) is 17.8 Å². The van der Waals surface area contributed by atoms with E-state index in [9.17, 15) is 30.0 Å².